The zero-order chi connectivity index (χ0) is 23.5. The summed E-state index contributed by atoms with van der Waals surface area (Å²) in [5.74, 6) is -0.176. The van der Waals surface area contributed by atoms with E-state index in [2.05, 4.69) is 6.07 Å². The first-order chi connectivity index (χ1) is 16.5. The average molecular weight is 497 g/mol. The number of fused-ring (bicyclic) bond motifs is 1. The fourth-order valence-electron chi connectivity index (χ4n) is 4.64. The zero-order valence-electron chi connectivity index (χ0n) is 18.9. The molecule has 1 saturated heterocycles. The Bertz CT molecular complexity index is 1250. The maximum atomic E-state index is 13.5. The van der Waals surface area contributed by atoms with Gasteiger partial charge in [-0.15, -0.1) is 11.3 Å². The van der Waals surface area contributed by atoms with Crippen LogP contribution < -0.4 is 0 Å². The summed E-state index contributed by atoms with van der Waals surface area (Å²) >= 11 is 1.61. The van der Waals surface area contributed by atoms with Gasteiger partial charge >= 0.3 is 0 Å². The molecular weight excluding hydrogens is 468 g/mol. The first-order valence-electron chi connectivity index (χ1n) is 11.6. The summed E-state index contributed by atoms with van der Waals surface area (Å²) in [4.78, 5) is 16.6. The maximum Gasteiger partial charge on any atom is 0.254 e. The number of benzene rings is 2. The highest BCUT2D eigenvalue weighted by molar-refractivity contribution is 7.89. The molecule has 2 aliphatic heterocycles. The number of amides is 1. The van der Waals surface area contributed by atoms with Gasteiger partial charge in [0.05, 0.1) is 17.5 Å². The van der Waals surface area contributed by atoms with Gasteiger partial charge in [0.25, 0.3) is 5.91 Å². The molecule has 0 bridgehead atoms. The van der Waals surface area contributed by atoms with Crippen LogP contribution in [-0.4, -0.2) is 49.3 Å². The molecule has 3 heterocycles. The van der Waals surface area contributed by atoms with Crippen molar-refractivity contribution >= 4 is 27.3 Å². The molecule has 6 nitrogen and oxygen atoms in total. The average Bonchev–Trinajstić information content (AvgIpc) is 3.57. The largest absolute Gasteiger partial charge is 0.376 e. The smallest absolute Gasteiger partial charge is 0.254 e. The third-order valence-corrected chi connectivity index (χ3v) is 9.18. The number of sulfonamides is 1. The monoisotopic (exact) mass is 496 g/mol. The van der Waals surface area contributed by atoms with Crippen molar-refractivity contribution in [1.82, 2.24) is 9.21 Å². The Balaban J connectivity index is 1.38. The van der Waals surface area contributed by atoms with Crippen LogP contribution in [-0.2, 0) is 34.3 Å². The van der Waals surface area contributed by atoms with Crippen LogP contribution in [0.2, 0.25) is 0 Å². The number of thiophene rings is 1. The Hall–Kier alpha value is -2.52. The van der Waals surface area contributed by atoms with E-state index in [9.17, 15) is 13.2 Å². The Morgan fingerprint density at radius 3 is 2.71 bits per heavy atom. The molecule has 0 saturated carbocycles. The third-order valence-electron chi connectivity index (χ3n) is 6.48. The number of hydrogen-bond acceptors (Lipinski definition) is 5. The molecule has 1 aromatic heterocycles. The molecule has 1 amide bonds. The molecule has 0 spiro atoms. The number of carbonyl (C=O) groups excluding carboxylic acids is 1. The van der Waals surface area contributed by atoms with Crippen molar-refractivity contribution < 1.29 is 17.9 Å². The van der Waals surface area contributed by atoms with E-state index in [1.54, 1.807) is 34.4 Å². The van der Waals surface area contributed by atoms with Crippen LogP contribution in [0.25, 0.3) is 0 Å². The summed E-state index contributed by atoms with van der Waals surface area (Å²) in [6, 6.07) is 18.4. The Morgan fingerprint density at radius 2 is 1.94 bits per heavy atom. The molecule has 1 fully saturated rings. The van der Waals surface area contributed by atoms with Crippen LogP contribution in [0.5, 0.6) is 0 Å². The van der Waals surface area contributed by atoms with Gasteiger partial charge in [-0.1, -0.05) is 36.4 Å². The first-order valence-corrected chi connectivity index (χ1v) is 13.9. The summed E-state index contributed by atoms with van der Waals surface area (Å²) < 4.78 is 34.2. The molecular formula is C26H28N2O4S2. The standard InChI is InChI=1S/C26H28N2O4S2/c29-26(27(18-23-9-4-14-32-23)19-24-10-5-15-33-24)21-8-3-11-25(16-21)34(30,31)28-13-12-20-6-1-2-7-22(20)17-28/h1-3,5-8,10-11,15-16,23H,4,9,12-14,17-19H2. The topological polar surface area (TPSA) is 66.9 Å². The molecule has 34 heavy (non-hydrogen) atoms. The molecule has 2 aliphatic rings. The van der Waals surface area contributed by atoms with Crippen molar-refractivity contribution in [2.45, 2.75) is 43.4 Å². The van der Waals surface area contributed by atoms with Gasteiger partial charge in [0.2, 0.25) is 10.0 Å². The molecule has 1 atom stereocenters. The molecule has 5 rings (SSSR count). The minimum atomic E-state index is -3.72. The van der Waals surface area contributed by atoms with Gasteiger partial charge in [0, 0.05) is 36.7 Å². The van der Waals surface area contributed by atoms with Crippen LogP contribution >= 0.6 is 11.3 Å². The quantitative estimate of drug-likeness (QED) is 0.489. The summed E-state index contributed by atoms with van der Waals surface area (Å²) in [6.07, 6.45) is 2.63. The SMILES string of the molecule is O=C(c1cccc(S(=O)(=O)N2CCc3ccccc3C2)c1)N(Cc1cccs1)CC1CCCO1. The van der Waals surface area contributed by atoms with E-state index in [0.29, 0.717) is 38.2 Å². The predicted octanol–water partition coefficient (Wildman–Crippen LogP) is 4.32. The van der Waals surface area contributed by atoms with E-state index in [-0.39, 0.29) is 16.9 Å². The highest BCUT2D eigenvalue weighted by Gasteiger charge is 2.30. The molecule has 2 aromatic carbocycles. The fraction of sp³-hybridized carbons (Fsp3) is 0.346. The number of rotatable bonds is 7. The maximum absolute atomic E-state index is 13.5. The van der Waals surface area contributed by atoms with Gasteiger partial charge in [0.15, 0.2) is 0 Å². The zero-order valence-corrected chi connectivity index (χ0v) is 20.6. The molecule has 8 heteroatoms. The first kappa shape index (κ1) is 23.2. The van der Waals surface area contributed by atoms with E-state index in [4.69, 9.17) is 4.74 Å². The lowest BCUT2D eigenvalue weighted by Crippen LogP contribution is -2.37. The van der Waals surface area contributed by atoms with Gasteiger partial charge in [-0.3, -0.25) is 4.79 Å². The van der Waals surface area contributed by atoms with Crippen molar-refractivity contribution in [1.29, 1.82) is 0 Å². The summed E-state index contributed by atoms with van der Waals surface area (Å²) in [7, 11) is -3.72. The van der Waals surface area contributed by atoms with Gasteiger partial charge in [-0.05, 0) is 60.0 Å². The van der Waals surface area contributed by atoms with E-state index in [1.165, 1.54) is 15.9 Å². The van der Waals surface area contributed by atoms with Crippen LogP contribution in [0.4, 0.5) is 0 Å². The fourth-order valence-corrected chi connectivity index (χ4v) is 6.82. The second kappa shape index (κ2) is 10.00. The van der Waals surface area contributed by atoms with Crippen molar-refractivity contribution in [2.24, 2.45) is 0 Å². The van der Waals surface area contributed by atoms with Crippen LogP contribution in [0.3, 0.4) is 0 Å². The van der Waals surface area contributed by atoms with Crippen molar-refractivity contribution in [3.8, 4) is 0 Å². The van der Waals surface area contributed by atoms with Crippen molar-refractivity contribution in [2.75, 3.05) is 19.7 Å². The number of nitrogens with zero attached hydrogens (tertiary/aromatic N) is 2. The molecule has 3 aromatic rings. The third kappa shape index (κ3) is 4.95. The highest BCUT2D eigenvalue weighted by atomic mass is 32.2. The Labute approximate surface area is 204 Å². The number of carbonyl (C=O) groups is 1. The van der Waals surface area contributed by atoms with E-state index >= 15 is 0 Å². The van der Waals surface area contributed by atoms with Crippen LogP contribution in [0.1, 0.15) is 39.2 Å². The molecule has 178 valence electrons. The summed E-state index contributed by atoms with van der Waals surface area (Å²) in [5, 5.41) is 1.99. The Morgan fingerprint density at radius 1 is 1.09 bits per heavy atom. The van der Waals surface area contributed by atoms with Crippen LogP contribution in [0, 0.1) is 0 Å². The molecule has 0 aliphatic carbocycles. The van der Waals surface area contributed by atoms with E-state index < -0.39 is 10.0 Å². The highest BCUT2D eigenvalue weighted by Crippen LogP contribution is 2.26. The van der Waals surface area contributed by atoms with Crippen molar-refractivity contribution in [3.05, 3.63) is 87.6 Å². The predicted molar refractivity (Wildman–Crippen MR) is 132 cm³/mol. The van der Waals surface area contributed by atoms with Gasteiger partial charge in [0.1, 0.15) is 0 Å². The number of hydrogen-bond donors (Lipinski definition) is 0. The summed E-state index contributed by atoms with van der Waals surface area (Å²) in [6.45, 7) is 2.48. The van der Waals surface area contributed by atoms with Gasteiger partial charge in [-0.2, -0.15) is 4.31 Å². The minimum absolute atomic E-state index is 0.0178. The van der Waals surface area contributed by atoms with Crippen LogP contribution in [0.15, 0.2) is 70.9 Å². The second-order valence-electron chi connectivity index (χ2n) is 8.79. The number of ether oxygens (including phenoxy) is 1. The normalized spacial score (nSPS) is 18.5. The minimum Gasteiger partial charge on any atom is -0.376 e. The second-order valence-corrected chi connectivity index (χ2v) is 11.8. The van der Waals surface area contributed by atoms with Crippen molar-refractivity contribution in [3.63, 3.8) is 0 Å². The molecule has 0 radical (unpaired) electrons. The van der Waals surface area contributed by atoms with Gasteiger partial charge in [-0.25, -0.2) is 8.42 Å². The molecule has 0 N–H and O–H groups in total. The lowest BCUT2D eigenvalue weighted by molar-refractivity contribution is 0.0509. The lowest BCUT2D eigenvalue weighted by Gasteiger charge is -2.28. The van der Waals surface area contributed by atoms with E-state index in [0.717, 1.165) is 29.9 Å². The van der Waals surface area contributed by atoms with Gasteiger partial charge < -0.3 is 9.64 Å². The summed E-state index contributed by atoms with van der Waals surface area (Å²) in [5.41, 5.74) is 2.60. The molecule has 1 unspecified atom stereocenters. The lowest BCUT2D eigenvalue weighted by atomic mass is 10.0. The van der Waals surface area contributed by atoms with E-state index in [1.807, 2.05) is 35.7 Å². The Kier molecular flexibility index (Phi) is 6.83.